The first-order chi connectivity index (χ1) is 10.4. The number of hydrogen-bond donors (Lipinski definition) is 2. The summed E-state index contributed by atoms with van der Waals surface area (Å²) >= 11 is 0. The summed E-state index contributed by atoms with van der Waals surface area (Å²) in [5, 5.41) is 3.26. The second-order valence-electron chi connectivity index (χ2n) is 5.76. The average Bonchev–Trinajstić information content (AvgIpc) is 2.48. The Labute approximate surface area is 134 Å². The Balaban J connectivity index is 2.19. The molecule has 1 aliphatic heterocycles. The lowest BCUT2D eigenvalue weighted by atomic mass is 9.96. The van der Waals surface area contributed by atoms with Gasteiger partial charge in [-0.05, 0) is 31.6 Å². The molecule has 0 aromatic heterocycles. The monoisotopic (exact) mass is 334 g/mol. The van der Waals surface area contributed by atoms with Crippen LogP contribution in [0, 0.1) is 5.92 Å². The van der Waals surface area contributed by atoms with Crippen LogP contribution in [0.2, 0.25) is 0 Å². The Hall–Kier alpha value is -0.860. The van der Waals surface area contributed by atoms with Gasteiger partial charge in [0.1, 0.15) is 0 Å². The molecule has 22 heavy (non-hydrogen) atoms. The first-order valence-corrected chi connectivity index (χ1v) is 9.75. The molecule has 0 aromatic carbocycles. The highest BCUT2D eigenvalue weighted by molar-refractivity contribution is 7.88. The van der Waals surface area contributed by atoms with Crippen molar-refractivity contribution in [3.8, 4) is 0 Å². The molecule has 1 aliphatic rings. The zero-order chi connectivity index (χ0) is 16.4. The number of ether oxygens (including phenoxy) is 1. The van der Waals surface area contributed by atoms with E-state index in [4.69, 9.17) is 4.74 Å². The molecule has 0 atom stereocenters. The van der Waals surface area contributed by atoms with Gasteiger partial charge in [0.25, 0.3) is 0 Å². The van der Waals surface area contributed by atoms with Crippen LogP contribution in [-0.2, 0) is 14.8 Å². The van der Waals surface area contributed by atoms with Crippen molar-refractivity contribution in [3.63, 3.8) is 0 Å². The summed E-state index contributed by atoms with van der Waals surface area (Å²) in [5.41, 5.74) is 0. The second-order valence-corrected chi connectivity index (χ2v) is 7.59. The fraction of sp³-hybridized carbons (Fsp3) is 0.929. The molecule has 130 valence electrons. The topological polar surface area (TPSA) is 83.0 Å². The standard InChI is InChI=1S/C14H30N4O3S/c1-15-14(16-8-4-9-17-22(3,19)20)18(2)10-5-13-6-11-21-12-7-13/h13,17H,4-12H2,1-3H3,(H,15,16). The van der Waals surface area contributed by atoms with Gasteiger partial charge in [0, 0.05) is 46.9 Å². The van der Waals surface area contributed by atoms with Crippen molar-refractivity contribution in [3.05, 3.63) is 0 Å². The number of nitrogens with zero attached hydrogens (tertiary/aromatic N) is 2. The van der Waals surface area contributed by atoms with Crippen LogP contribution in [-0.4, -0.2) is 72.5 Å². The molecule has 0 saturated carbocycles. The first kappa shape index (κ1) is 19.2. The van der Waals surface area contributed by atoms with Crippen molar-refractivity contribution in [1.29, 1.82) is 0 Å². The van der Waals surface area contributed by atoms with Gasteiger partial charge in [0.05, 0.1) is 6.26 Å². The third-order valence-electron chi connectivity index (χ3n) is 3.79. The predicted molar refractivity (Wildman–Crippen MR) is 89.6 cm³/mol. The lowest BCUT2D eigenvalue weighted by molar-refractivity contribution is 0.0625. The highest BCUT2D eigenvalue weighted by atomic mass is 32.2. The van der Waals surface area contributed by atoms with E-state index >= 15 is 0 Å². The van der Waals surface area contributed by atoms with Gasteiger partial charge in [-0.15, -0.1) is 0 Å². The normalized spacial score (nSPS) is 17.5. The second kappa shape index (κ2) is 10.0. The average molecular weight is 334 g/mol. The predicted octanol–water partition coefficient (Wildman–Crippen LogP) is 0.250. The van der Waals surface area contributed by atoms with Crippen molar-refractivity contribution in [1.82, 2.24) is 14.9 Å². The van der Waals surface area contributed by atoms with Crippen molar-refractivity contribution in [2.45, 2.75) is 25.7 Å². The molecule has 0 spiro atoms. The van der Waals surface area contributed by atoms with Gasteiger partial charge in [-0.1, -0.05) is 0 Å². The molecule has 1 rings (SSSR count). The molecule has 7 nitrogen and oxygen atoms in total. The number of hydrogen-bond acceptors (Lipinski definition) is 4. The summed E-state index contributed by atoms with van der Waals surface area (Å²) in [6.45, 7) is 3.86. The minimum absolute atomic E-state index is 0.439. The van der Waals surface area contributed by atoms with Crippen LogP contribution >= 0.6 is 0 Å². The summed E-state index contributed by atoms with van der Waals surface area (Å²) in [6.07, 6.45) is 5.34. The van der Waals surface area contributed by atoms with Crippen LogP contribution in [0.3, 0.4) is 0 Å². The molecule has 0 aromatic rings. The van der Waals surface area contributed by atoms with Crippen LogP contribution in [0.5, 0.6) is 0 Å². The van der Waals surface area contributed by atoms with Gasteiger partial charge >= 0.3 is 0 Å². The Morgan fingerprint density at radius 3 is 2.59 bits per heavy atom. The van der Waals surface area contributed by atoms with Crippen molar-refractivity contribution < 1.29 is 13.2 Å². The van der Waals surface area contributed by atoms with Gasteiger partial charge in [-0.3, -0.25) is 4.99 Å². The highest BCUT2D eigenvalue weighted by Gasteiger charge is 2.15. The van der Waals surface area contributed by atoms with Gasteiger partial charge in [-0.25, -0.2) is 13.1 Å². The molecule has 0 bridgehead atoms. The van der Waals surface area contributed by atoms with Gasteiger partial charge in [0.15, 0.2) is 5.96 Å². The quantitative estimate of drug-likeness (QED) is 0.378. The summed E-state index contributed by atoms with van der Waals surface area (Å²) in [4.78, 5) is 6.39. The van der Waals surface area contributed by atoms with E-state index in [0.717, 1.165) is 57.3 Å². The number of guanidine groups is 1. The van der Waals surface area contributed by atoms with Crippen LogP contribution in [0.1, 0.15) is 25.7 Å². The van der Waals surface area contributed by atoms with Crippen LogP contribution < -0.4 is 10.0 Å². The van der Waals surface area contributed by atoms with E-state index in [1.807, 2.05) is 7.05 Å². The van der Waals surface area contributed by atoms with E-state index in [9.17, 15) is 8.42 Å². The summed E-state index contributed by atoms with van der Waals surface area (Å²) in [7, 11) is 0.701. The van der Waals surface area contributed by atoms with Crippen molar-refractivity contribution >= 4 is 16.0 Å². The van der Waals surface area contributed by atoms with Crippen molar-refractivity contribution in [2.24, 2.45) is 10.9 Å². The molecule has 1 fully saturated rings. The van der Waals surface area contributed by atoms with E-state index in [1.165, 1.54) is 6.26 Å². The molecule has 2 N–H and O–H groups in total. The molecular formula is C14H30N4O3S. The minimum atomic E-state index is -3.10. The third kappa shape index (κ3) is 8.55. The number of sulfonamides is 1. The maximum absolute atomic E-state index is 11.0. The maximum Gasteiger partial charge on any atom is 0.208 e. The summed E-state index contributed by atoms with van der Waals surface area (Å²) in [6, 6.07) is 0. The van der Waals surface area contributed by atoms with Gasteiger partial charge < -0.3 is 15.0 Å². The molecular weight excluding hydrogens is 304 g/mol. The number of rotatable bonds is 8. The minimum Gasteiger partial charge on any atom is -0.381 e. The van der Waals surface area contributed by atoms with Gasteiger partial charge in [0.2, 0.25) is 10.0 Å². The molecule has 1 heterocycles. The SMILES string of the molecule is CN=C(NCCCNS(C)(=O)=O)N(C)CCC1CCOCC1. The Kier molecular flexibility index (Phi) is 8.74. The number of nitrogens with one attached hydrogen (secondary N) is 2. The highest BCUT2D eigenvalue weighted by Crippen LogP contribution is 2.18. The molecule has 0 amide bonds. The lowest BCUT2D eigenvalue weighted by Gasteiger charge is -2.26. The van der Waals surface area contributed by atoms with E-state index in [-0.39, 0.29) is 0 Å². The van der Waals surface area contributed by atoms with Crippen molar-refractivity contribution in [2.75, 3.05) is 53.2 Å². The lowest BCUT2D eigenvalue weighted by Crippen LogP contribution is -2.41. The van der Waals surface area contributed by atoms with Crippen LogP contribution in [0.25, 0.3) is 0 Å². The zero-order valence-electron chi connectivity index (χ0n) is 14.0. The molecule has 0 aliphatic carbocycles. The Morgan fingerprint density at radius 1 is 1.32 bits per heavy atom. The Morgan fingerprint density at radius 2 is 2.00 bits per heavy atom. The molecule has 0 unspecified atom stereocenters. The first-order valence-electron chi connectivity index (χ1n) is 7.86. The smallest absolute Gasteiger partial charge is 0.208 e. The summed E-state index contributed by atoms with van der Waals surface area (Å²) < 4.78 is 29.8. The largest absolute Gasteiger partial charge is 0.381 e. The molecule has 0 radical (unpaired) electrons. The van der Waals surface area contributed by atoms with Gasteiger partial charge in [-0.2, -0.15) is 0 Å². The van der Waals surface area contributed by atoms with Crippen LogP contribution in [0.4, 0.5) is 0 Å². The zero-order valence-corrected chi connectivity index (χ0v) is 14.8. The number of aliphatic imine (C=N–C) groups is 1. The third-order valence-corrected chi connectivity index (χ3v) is 4.52. The van der Waals surface area contributed by atoms with E-state index in [1.54, 1.807) is 7.05 Å². The maximum atomic E-state index is 11.0. The molecule has 8 heteroatoms. The summed E-state index contributed by atoms with van der Waals surface area (Å²) in [5.74, 6) is 1.60. The Bertz CT molecular complexity index is 433. The fourth-order valence-electron chi connectivity index (χ4n) is 2.45. The van der Waals surface area contributed by atoms with E-state index < -0.39 is 10.0 Å². The van der Waals surface area contributed by atoms with Crippen LogP contribution in [0.15, 0.2) is 4.99 Å². The molecule has 1 saturated heterocycles. The van der Waals surface area contributed by atoms with E-state index in [0.29, 0.717) is 13.1 Å². The van der Waals surface area contributed by atoms with E-state index in [2.05, 4.69) is 19.9 Å². The fourth-order valence-corrected chi connectivity index (χ4v) is 2.96.